The zero-order chi connectivity index (χ0) is 10.8. The van der Waals surface area contributed by atoms with Crippen molar-refractivity contribution in [3.05, 3.63) is 28.8 Å². The van der Waals surface area contributed by atoms with Crippen LogP contribution in [0.1, 0.15) is 18.4 Å². The van der Waals surface area contributed by atoms with Crippen LogP contribution in [0.2, 0.25) is 5.02 Å². The monoisotopic (exact) mass is 224 g/mol. The lowest BCUT2D eigenvalue weighted by atomic mass is 10.1. The summed E-state index contributed by atoms with van der Waals surface area (Å²) in [5.74, 6) is 0.920. The number of hydrogen-bond acceptors (Lipinski definition) is 2. The molecule has 82 valence electrons. The van der Waals surface area contributed by atoms with Crippen LogP contribution in [-0.4, -0.2) is 18.5 Å². The topological polar surface area (TPSA) is 29.3 Å². The van der Waals surface area contributed by atoms with Crippen LogP contribution in [0.4, 0.5) is 5.69 Å². The van der Waals surface area contributed by atoms with Crippen LogP contribution in [0.25, 0.3) is 0 Å². The van der Waals surface area contributed by atoms with Gasteiger partial charge in [-0.15, -0.1) is 0 Å². The molecule has 0 heterocycles. The molecule has 1 aliphatic carbocycles. The lowest BCUT2D eigenvalue weighted by Gasteiger charge is -2.17. The summed E-state index contributed by atoms with van der Waals surface area (Å²) in [6, 6.07) is 5.74. The number of rotatable bonds is 4. The summed E-state index contributed by atoms with van der Waals surface area (Å²) in [7, 11) is 2.15. The minimum absolute atomic E-state index is 0.709. The van der Waals surface area contributed by atoms with Crippen LogP contribution >= 0.6 is 11.6 Å². The second-order valence-electron chi connectivity index (χ2n) is 4.48. The van der Waals surface area contributed by atoms with Crippen LogP contribution in [0.3, 0.4) is 0 Å². The Bertz CT molecular complexity index is 347. The third-order valence-corrected chi connectivity index (χ3v) is 3.05. The zero-order valence-corrected chi connectivity index (χ0v) is 9.80. The van der Waals surface area contributed by atoms with Crippen LogP contribution < -0.4 is 5.73 Å². The zero-order valence-electron chi connectivity index (χ0n) is 9.04. The molecule has 0 bridgehead atoms. The van der Waals surface area contributed by atoms with Crippen molar-refractivity contribution in [3.8, 4) is 0 Å². The molecule has 0 saturated heterocycles. The van der Waals surface area contributed by atoms with Gasteiger partial charge in [0.05, 0.1) is 0 Å². The van der Waals surface area contributed by atoms with Gasteiger partial charge in [-0.1, -0.05) is 17.7 Å². The summed E-state index contributed by atoms with van der Waals surface area (Å²) < 4.78 is 0. The van der Waals surface area contributed by atoms with Gasteiger partial charge >= 0.3 is 0 Å². The van der Waals surface area contributed by atoms with Crippen molar-refractivity contribution in [1.29, 1.82) is 0 Å². The highest BCUT2D eigenvalue weighted by Gasteiger charge is 2.22. The highest BCUT2D eigenvalue weighted by Crippen LogP contribution is 2.30. The first-order valence-corrected chi connectivity index (χ1v) is 5.75. The molecular weight excluding hydrogens is 208 g/mol. The molecule has 1 saturated carbocycles. The Morgan fingerprint density at radius 3 is 2.80 bits per heavy atom. The fourth-order valence-electron chi connectivity index (χ4n) is 1.81. The Hall–Kier alpha value is -0.730. The number of anilines is 1. The largest absolute Gasteiger partial charge is 0.398 e. The van der Waals surface area contributed by atoms with E-state index in [9.17, 15) is 0 Å². The molecule has 2 nitrogen and oxygen atoms in total. The molecule has 2 N–H and O–H groups in total. The molecule has 0 aromatic heterocycles. The summed E-state index contributed by atoms with van der Waals surface area (Å²) in [5, 5.41) is 0.709. The van der Waals surface area contributed by atoms with Gasteiger partial charge in [-0.3, -0.25) is 0 Å². The normalized spacial score (nSPS) is 15.9. The van der Waals surface area contributed by atoms with Gasteiger partial charge in [-0.25, -0.2) is 0 Å². The lowest BCUT2D eigenvalue weighted by Crippen LogP contribution is -2.21. The van der Waals surface area contributed by atoms with E-state index in [0.29, 0.717) is 5.02 Å². The predicted molar refractivity (Wildman–Crippen MR) is 64.9 cm³/mol. The molecule has 0 radical (unpaired) electrons. The molecule has 0 amide bonds. The molecule has 15 heavy (non-hydrogen) atoms. The Morgan fingerprint density at radius 1 is 1.47 bits per heavy atom. The molecule has 0 spiro atoms. The molecule has 0 aliphatic heterocycles. The van der Waals surface area contributed by atoms with E-state index in [2.05, 4.69) is 11.9 Å². The third kappa shape index (κ3) is 3.11. The van der Waals surface area contributed by atoms with Crippen molar-refractivity contribution in [2.45, 2.75) is 19.4 Å². The molecule has 2 rings (SSSR count). The predicted octanol–water partition coefficient (Wildman–Crippen LogP) is 2.76. The van der Waals surface area contributed by atoms with Crippen molar-refractivity contribution < 1.29 is 0 Å². The molecule has 1 fully saturated rings. The summed E-state index contributed by atoms with van der Waals surface area (Å²) in [6.07, 6.45) is 2.78. The molecule has 1 aliphatic rings. The minimum Gasteiger partial charge on any atom is -0.398 e. The average Bonchev–Trinajstić information content (AvgIpc) is 2.94. The van der Waals surface area contributed by atoms with Crippen molar-refractivity contribution >= 4 is 17.3 Å². The van der Waals surface area contributed by atoms with Crippen LogP contribution in [0.5, 0.6) is 0 Å². The number of nitrogens with two attached hydrogens (primary N) is 1. The van der Waals surface area contributed by atoms with Crippen LogP contribution in [0.15, 0.2) is 18.2 Å². The van der Waals surface area contributed by atoms with Gasteiger partial charge in [0.1, 0.15) is 0 Å². The highest BCUT2D eigenvalue weighted by atomic mass is 35.5. The van der Waals surface area contributed by atoms with Gasteiger partial charge in [0.25, 0.3) is 0 Å². The smallest absolute Gasteiger partial charge is 0.0426 e. The molecule has 1 aromatic rings. The fourth-order valence-corrected chi connectivity index (χ4v) is 1.99. The van der Waals surface area contributed by atoms with E-state index < -0.39 is 0 Å². The highest BCUT2D eigenvalue weighted by molar-refractivity contribution is 6.30. The number of benzene rings is 1. The summed E-state index contributed by atoms with van der Waals surface area (Å²) in [4.78, 5) is 2.33. The average molecular weight is 225 g/mol. The van der Waals surface area contributed by atoms with Crippen molar-refractivity contribution in [2.75, 3.05) is 19.3 Å². The molecule has 0 unspecified atom stereocenters. The van der Waals surface area contributed by atoms with Gasteiger partial charge in [-0.05, 0) is 43.5 Å². The number of nitrogen functional groups attached to an aromatic ring is 1. The van der Waals surface area contributed by atoms with Gasteiger partial charge < -0.3 is 10.6 Å². The van der Waals surface area contributed by atoms with E-state index in [-0.39, 0.29) is 0 Å². The Balaban J connectivity index is 1.96. The summed E-state index contributed by atoms with van der Waals surface area (Å²) in [6.45, 7) is 2.10. The number of hydrogen-bond donors (Lipinski definition) is 1. The maximum absolute atomic E-state index is 5.91. The van der Waals surface area contributed by atoms with Crippen molar-refractivity contribution in [3.63, 3.8) is 0 Å². The van der Waals surface area contributed by atoms with E-state index >= 15 is 0 Å². The maximum Gasteiger partial charge on any atom is 0.0426 e. The van der Waals surface area contributed by atoms with Crippen LogP contribution in [0, 0.1) is 5.92 Å². The lowest BCUT2D eigenvalue weighted by molar-refractivity contribution is 0.313. The van der Waals surface area contributed by atoms with Crippen LogP contribution in [-0.2, 0) is 6.54 Å². The van der Waals surface area contributed by atoms with Crippen molar-refractivity contribution in [1.82, 2.24) is 4.90 Å². The second kappa shape index (κ2) is 4.42. The van der Waals surface area contributed by atoms with E-state index in [1.165, 1.54) is 24.9 Å². The van der Waals surface area contributed by atoms with Gasteiger partial charge in [0, 0.05) is 23.8 Å². The second-order valence-corrected chi connectivity index (χ2v) is 4.92. The Morgan fingerprint density at radius 2 is 2.20 bits per heavy atom. The van der Waals surface area contributed by atoms with Gasteiger partial charge in [0.15, 0.2) is 0 Å². The van der Waals surface area contributed by atoms with E-state index in [1.54, 1.807) is 0 Å². The quantitative estimate of drug-likeness (QED) is 0.797. The Labute approximate surface area is 96.0 Å². The third-order valence-electron chi connectivity index (χ3n) is 2.81. The molecule has 0 atom stereocenters. The molecular formula is C12H17ClN2. The molecule has 1 aromatic carbocycles. The number of halogens is 1. The summed E-state index contributed by atoms with van der Waals surface area (Å²) in [5.41, 5.74) is 7.87. The first-order chi connectivity index (χ1) is 7.15. The van der Waals surface area contributed by atoms with Gasteiger partial charge in [0.2, 0.25) is 0 Å². The first kappa shape index (κ1) is 10.8. The SMILES string of the molecule is CN(Cc1ccc(Cl)cc1N)CC1CC1. The standard InChI is InChI=1S/C12H17ClN2/c1-15(7-9-2-3-9)8-10-4-5-11(13)6-12(10)14/h4-6,9H,2-3,7-8,14H2,1H3. The van der Waals surface area contributed by atoms with Gasteiger partial charge in [-0.2, -0.15) is 0 Å². The Kier molecular flexibility index (Phi) is 3.17. The van der Waals surface area contributed by atoms with E-state index in [4.69, 9.17) is 17.3 Å². The van der Waals surface area contributed by atoms with Crippen molar-refractivity contribution in [2.24, 2.45) is 5.92 Å². The molecule has 3 heteroatoms. The minimum atomic E-state index is 0.709. The number of nitrogens with zero attached hydrogens (tertiary/aromatic N) is 1. The fraction of sp³-hybridized carbons (Fsp3) is 0.500. The first-order valence-electron chi connectivity index (χ1n) is 5.37. The maximum atomic E-state index is 5.91. The van der Waals surface area contributed by atoms with E-state index in [1.807, 2.05) is 18.2 Å². The van der Waals surface area contributed by atoms with E-state index in [0.717, 1.165) is 18.2 Å². The summed E-state index contributed by atoms with van der Waals surface area (Å²) >= 11 is 5.85.